The van der Waals surface area contributed by atoms with Crippen molar-refractivity contribution >= 4 is 38.3 Å². The minimum atomic E-state index is -4.03. The first-order chi connectivity index (χ1) is 14.8. The van der Waals surface area contributed by atoms with Crippen LogP contribution in [0.1, 0.15) is 11.8 Å². The summed E-state index contributed by atoms with van der Waals surface area (Å²) in [6, 6.07) is 7.48. The van der Waals surface area contributed by atoms with Gasteiger partial charge in [-0.2, -0.15) is 5.10 Å². The Balaban J connectivity index is 1.72. The third-order valence-corrected chi connectivity index (χ3v) is 6.17. The van der Waals surface area contributed by atoms with Gasteiger partial charge in [0.15, 0.2) is 10.8 Å². The number of fused-ring (bicyclic) bond motifs is 1. The Morgan fingerprint density at radius 3 is 2.52 bits per heavy atom. The number of hydrogen-bond acceptors (Lipinski definition) is 7. The van der Waals surface area contributed by atoms with Gasteiger partial charge < -0.3 is 10.2 Å². The van der Waals surface area contributed by atoms with Crippen LogP contribution >= 0.6 is 11.6 Å². The Labute approximate surface area is 180 Å². The zero-order chi connectivity index (χ0) is 22.2. The Kier molecular flexibility index (Phi) is 5.58. The van der Waals surface area contributed by atoms with E-state index < -0.39 is 28.6 Å². The van der Waals surface area contributed by atoms with Gasteiger partial charge in [-0.15, -0.1) is 0 Å². The number of sulfonamides is 1. The van der Waals surface area contributed by atoms with Gasteiger partial charge in [0.05, 0.1) is 22.9 Å². The van der Waals surface area contributed by atoms with E-state index in [1.165, 1.54) is 18.5 Å². The maximum absolute atomic E-state index is 13.1. The molecule has 1 atom stereocenters. The molecule has 4 N–H and O–H groups in total. The molecule has 0 saturated heterocycles. The lowest BCUT2D eigenvalue weighted by molar-refractivity contribution is 0.0932. The first-order valence-electron chi connectivity index (χ1n) is 8.86. The van der Waals surface area contributed by atoms with Crippen molar-refractivity contribution in [3.8, 4) is 11.1 Å². The molecule has 0 saturated carbocycles. The molecule has 0 aliphatic heterocycles. The minimum Gasteiger partial charge on any atom is -0.393 e. The number of nitrogens with one attached hydrogen (secondary N) is 2. The molecule has 0 amide bonds. The highest BCUT2D eigenvalue weighted by atomic mass is 35.5. The van der Waals surface area contributed by atoms with E-state index in [9.17, 15) is 23.0 Å². The van der Waals surface area contributed by atoms with E-state index in [2.05, 4.69) is 24.9 Å². The Bertz CT molecular complexity index is 1360. The zero-order valence-electron chi connectivity index (χ0n) is 15.6. The van der Waals surface area contributed by atoms with Crippen molar-refractivity contribution in [3.05, 3.63) is 65.5 Å². The van der Waals surface area contributed by atoms with Gasteiger partial charge in [-0.3, -0.25) is 9.82 Å². The van der Waals surface area contributed by atoms with Crippen LogP contribution < -0.4 is 4.72 Å². The summed E-state index contributed by atoms with van der Waals surface area (Å²) in [6.45, 7) is -0.501. The van der Waals surface area contributed by atoms with E-state index in [0.29, 0.717) is 27.9 Å². The fourth-order valence-electron chi connectivity index (χ4n) is 2.92. The smallest absolute Gasteiger partial charge is 0.261 e. The molecule has 12 heteroatoms. The summed E-state index contributed by atoms with van der Waals surface area (Å²) in [5.41, 5.74) is 1.69. The van der Waals surface area contributed by atoms with Crippen LogP contribution in [0.5, 0.6) is 0 Å². The molecule has 0 aliphatic carbocycles. The first kappa shape index (κ1) is 21.1. The molecular formula is C19H15ClFN5O4S. The highest BCUT2D eigenvalue weighted by Crippen LogP contribution is 2.31. The average Bonchev–Trinajstić information content (AvgIpc) is 3.18. The van der Waals surface area contributed by atoms with Crippen molar-refractivity contribution in [1.82, 2.24) is 20.2 Å². The molecule has 1 unspecified atom stereocenters. The molecule has 4 rings (SSSR count). The lowest BCUT2D eigenvalue weighted by Crippen LogP contribution is -2.13. The van der Waals surface area contributed by atoms with Crippen LogP contribution in [0, 0.1) is 5.82 Å². The summed E-state index contributed by atoms with van der Waals surface area (Å²) in [5, 5.41) is 26.2. The van der Waals surface area contributed by atoms with Crippen molar-refractivity contribution in [2.24, 2.45) is 0 Å². The van der Waals surface area contributed by atoms with E-state index in [0.717, 1.165) is 24.3 Å². The summed E-state index contributed by atoms with van der Waals surface area (Å²) >= 11 is 6.08. The van der Waals surface area contributed by atoms with Gasteiger partial charge >= 0.3 is 0 Å². The third-order valence-electron chi connectivity index (χ3n) is 4.49. The number of hydrogen-bond donors (Lipinski definition) is 4. The molecular weight excluding hydrogens is 449 g/mol. The topological polar surface area (TPSA) is 141 Å². The Hall–Kier alpha value is -3.12. The standard InChI is InChI=1S/C19H15ClFN5O4S/c20-18-15(26-31(29,30)13-3-1-12(21)2-4-13)6-11(7-22-18)10-5-14-17(16(28)9-27)24-25-19(14)23-8-10/h1-8,16,26-28H,9H2,(H,23,24,25). The minimum absolute atomic E-state index is 0.0198. The van der Waals surface area contributed by atoms with Crippen molar-refractivity contribution in [2.45, 2.75) is 11.0 Å². The second-order valence-corrected chi connectivity index (χ2v) is 8.59. The second-order valence-electron chi connectivity index (χ2n) is 6.55. The van der Waals surface area contributed by atoms with E-state index in [-0.39, 0.29) is 15.7 Å². The van der Waals surface area contributed by atoms with Crippen LogP contribution in [0.2, 0.25) is 5.15 Å². The number of pyridine rings is 2. The van der Waals surface area contributed by atoms with Gasteiger partial charge in [-0.05, 0) is 36.4 Å². The molecule has 0 fully saturated rings. The highest BCUT2D eigenvalue weighted by Gasteiger charge is 2.18. The van der Waals surface area contributed by atoms with Crippen LogP contribution in [0.3, 0.4) is 0 Å². The molecule has 0 radical (unpaired) electrons. The molecule has 0 spiro atoms. The Morgan fingerprint density at radius 1 is 1.13 bits per heavy atom. The monoisotopic (exact) mass is 463 g/mol. The predicted octanol–water partition coefficient (Wildman–Crippen LogP) is 2.64. The lowest BCUT2D eigenvalue weighted by atomic mass is 10.1. The number of aliphatic hydroxyl groups excluding tert-OH is 2. The van der Waals surface area contributed by atoms with Gasteiger partial charge in [0, 0.05) is 28.9 Å². The fourth-order valence-corrected chi connectivity index (χ4v) is 4.18. The number of H-pyrrole nitrogens is 1. The molecule has 0 aliphatic rings. The quantitative estimate of drug-likeness (QED) is 0.322. The predicted molar refractivity (Wildman–Crippen MR) is 111 cm³/mol. The summed E-state index contributed by atoms with van der Waals surface area (Å²) < 4.78 is 40.7. The zero-order valence-corrected chi connectivity index (χ0v) is 17.2. The number of aliphatic hydroxyl groups is 2. The van der Waals surface area contributed by atoms with Crippen LogP contribution in [0.25, 0.3) is 22.2 Å². The maximum atomic E-state index is 13.1. The normalized spacial score (nSPS) is 12.8. The van der Waals surface area contributed by atoms with E-state index >= 15 is 0 Å². The summed E-state index contributed by atoms with van der Waals surface area (Å²) in [7, 11) is -4.03. The van der Waals surface area contributed by atoms with Crippen LogP contribution in [0.15, 0.2) is 53.7 Å². The number of anilines is 1. The SMILES string of the molecule is O=S(=O)(Nc1cc(-c2cnc3n[nH]c(C(O)CO)c3c2)cnc1Cl)c1ccc(F)cc1. The second kappa shape index (κ2) is 8.19. The van der Waals surface area contributed by atoms with Gasteiger partial charge in [-0.1, -0.05) is 11.6 Å². The molecule has 31 heavy (non-hydrogen) atoms. The Morgan fingerprint density at radius 2 is 1.81 bits per heavy atom. The van der Waals surface area contributed by atoms with Gasteiger partial charge in [0.1, 0.15) is 11.9 Å². The first-order valence-corrected chi connectivity index (χ1v) is 10.7. The largest absolute Gasteiger partial charge is 0.393 e. The van der Waals surface area contributed by atoms with Crippen LogP contribution in [-0.4, -0.2) is 45.4 Å². The number of halogens is 2. The van der Waals surface area contributed by atoms with Crippen LogP contribution in [-0.2, 0) is 10.0 Å². The average molecular weight is 464 g/mol. The van der Waals surface area contributed by atoms with Crippen molar-refractivity contribution < 1.29 is 23.0 Å². The highest BCUT2D eigenvalue weighted by molar-refractivity contribution is 7.92. The molecule has 3 heterocycles. The van der Waals surface area contributed by atoms with E-state index in [4.69, 9.17) is 11.6 Å². The van der Waals surface area contributed by atoms with Crippen molar-refractivity contribution in [3.63, 3.8) is 0 Å². The lowest BCUT2D eigenvalue weighted by Gasteiger charge is -2.11. The number of aromatic nitrogens is 4. The summed E-state index contributed by atoms with van der Waals surface area (Å²) in [5.74, 6) is -0.562. The van der Waals surface area contributed by atoms with Crippen molar-refractivity contribution in [1.29, 1.82) is 0 Å². The molecule has 160 valence electrons. The molecule has 3 aromatic heterocycles. The molecule has 9 nitrogen and oxygen atoms in total. The third kappa shape index (κ3) is 4.21. The number of aromatic amines is 1. The van der Waals surface area contributed by atoms with Gasteiger partial charge in [0.25, 0.3) is 10.0 Å². The summed E-state index contributed by atoms with van der Waals surface area (Å²) in [6.07, 6.45) is 1.77. The number of rotatable bonds is 6. The molecule has 0 bridgehead atoms. The maximum Gasteiger partial charge on any atom is 0.261 e. The van der Waals surface area contributed by atoms with Crippen molar-refractivity contribution in [2.75, 3.05) is 11.3 Å². The van der Waals surface area contributed by atoms with Gasteiger partial charge in [0.2, 0.25) is 0 Å². The van der Waals surface area contributed by atoms with Crippen LogP contribution in [0.4, 0.5) is 10.1 Å². The fraction of sp³-hybridized carbons (Fsp3) is 0.105. The molecule has 4 aromatic rings. The van der Waals surface area contributed by atoms with E-state index in [1.807, 2.05) is 0 Å². The number of nitrogens with zero attached hydrogens (tertiary/aromatic N) is 3. The van der Waals surface area contributed by atoms with E-state index in [1.54, 1.807) is 6.07 Å². The summed E-state index contributed by atoms with van der Waals surface area (Å²) in [4.78, 5) is 8.09. The number of benzene rings is 1. The molecule has 1 aromatic carbocycles. The van der Waals surface area contributed by atoms with Gasteiger partial charge in [-0.25, -0.2) is 22.8 Å².